The van der Waals surface area contributed by atoms with E-state index in [1.807, 2.05) is 6.92 Å². The molecule has 0 aromatic heterocycles. The highest BCUT2D eigenvalue weighted by atomic mass is 32.2. The highest BCUT2D eigenvalue weighted by Crippen LogP contribution is 2.16. The predicted molar refractivity (Wildman–Crippen MR) is 66.5 cm³/mol. The van der Waals surface area contributed by atoms with Crippen molar-refractivity contribution in [2.45, 2.75) is 11.8 Å². The minimum Gasteiger partial charge on any atom is -0.380 e. The number of hydrogen-bond acceptors (Lipinski definition) is 3. The Morgan fingerprint density at radius 2 is 2.00 bits per heavy atom. The van der Waals surface area contributed by atoms with Crippen molar-refractivity contribution in [2.24, 2.45) is 0 Å². The minimum atomic E-state index is -0.181. The minimum absolute atomic E-state index is 0.181. The molecule has 0 fully saturated rings. The van der Waals surface area contributed by atoms with E-state index >= 15 is 0 Å². The van der Waals surface area contributed by atoms with Crippen LogP contribution in [0.5, 0.6) is 0 Å². The molecule has 1 N–H and O–H groups in total. The molecule has 0 saturated heterocycles. The van der Waals surface area contributed by atoms with Gasteiger partial charge in [-0.15, -0.1) is 11.8 Å². The zero-order valence-electron chi connectivity index (χ0n) is 9.54. The molecule has 4 heteroatoms. The highest BCUT2D eigenvalue weighted by molar-refractivity contribution is 7.99. The molecule has 0 radical (unpaired) electrons. The molecule has 0 saturated carbocycles. The van der Waals surface area contributed by atoms with Gasteiger partial charge in [-0.2, -0.15) is 0 Å². The topological polar surface area (TPSA) is 21.3 Å². The number of benzene rings is 1. The van der Waals surface area contributed by atoms with E-state index in [1.165, 1.54) is 12.1 Å². The van der Waals surface area contributed by atoms with Crippen molar-refractivity contribution in [1.29, 1.82) is 0 Å². The van der Waals surface area contributed by atoms with Crippen molar-refractivity contribution in [3.05, 3.63) is 30.1 Å². The van der Waals surface area contributed by atoms with Crippen LogP contribution in [0.2, 0.25) is 0 Å². The van der Waals surface area contributed by atoms with Crippen LogP contribution >= 0.6 is 11.8 Å². The standard InChI is InChI=1S/C12H18FNOS/c1-2-15-9-7-14-8-10-16-12-5-3-11(13)4-6-12/h3-6,14H,2,7-10H2,1H3. The van der Waals surface area contributed by atoms with E-state index in [-0.39, 0.29) is 5.82 Å². The Labute approximate surface area is 101 Å². The summed E-state index contributed by atoms with van der Waals surface area (Å²) in [6.07, 6.45) is 0. The van der Waals surface area contributed by atoms with Gasteiger partial charge in [-0.25, -0.2) is 4.39 Å². The Balaban J connectivity index is 2.01. The molecule has 0 aliphatic rings. The monoisotopic (exact) mass is 243 g/mol. The van der Waals surface area contributed by atoms with Crippen molar-refractivity contribution in [3.63, 3.8) is 0 Å². The fraction of sp³-hybridized carbons (Fsp3) is 0.500. The van der Waals surface area contributed by atoms with E-state index in [1.54, 1.807) is 23.9 Å². The van der Waals surface area contributed by atoms with Gasteiger partial charge >= 0.3 is 0 Å². The van der Waals surface area contributed by atoms with E-state index in [0.29, 0.717) is 0 Å². The van der Waals surface area contributed by atoms with Crippen molar-refractivity contribution >= 4 is 11.8 Å². The maximum atomic E-state index is 12.6. The first-order chi connectivity index (χ1) is 7.83. The van der Waals surface area contributed by atoms with E-state index in [2.05, 4.69) is 5.32 Å². The van der Waals surface area contributed by atoms with Gasteiger partial charge in [0.05, 0.1) is 6.61 Å². The maximum absolute atomic E-state index is 12.6. The quantitative estimate of drug-likeness (QED) is 0.560. The number of nitrogens with one attached hydrogen (secondary N) is 1. The largest absolute Gasteiger partial charge is 0.380 e. The van der Waals surface area contributed by atoms with Gasteiger partial charge in [-0.1, -0.05) is 0 Å². The average Bonchev–Trinajstić information content (AvgIpc) is 2.30. The lowest BCUT2D eigenvalue weighted by atomic mass is 10.4. The molecule has 0 aliphatic heterocycles. The molecule has 0 spiro atoms. The van der Waals surface area contributed by atoms with Crippen LogP contribution < -0.4 is 5.32 Å². The SMILES string of the molecule is CCOCCNCCSc1ccc(F)cc1. The van der Waals surface area contributed by atoms with E-state index < -0.39 is 0 Å². The molecule has 90 valence electrons. The van der Waals surface area contributed by atoms with Gasteiger partial charge in [0.25, 0.3) is 0 Å². The van der Waals surface area contributed by atoms with Crippen LogP contribution in [-0.4, -0.2) is 32.1 Å². The summed E-state index contributed by atoms with van der Waals surface area (Å²) in [5.74, 6) is 0.803. The number of hydrogen-bond donors (Lipinski definition) is 1. The summed E-state index contributed by atoms with van der Waals surface area (Å²) in [7, 11) is 0. The molecule has 0 amide bonds. The lowest BCUT2D eigenvalue weighted by molar-refractivity contribution is 0.150. The number of thioether (sulfide) groups is 1. The van der Waals surface area contributed by atoms with Crippen LogP contribution in [-0.2, 0) is 4.74 Å². The predicted octanol–water partition coefficient (Wildman–Crippen LogP) is 2.54. The summed E-state index contributed by atoms with van der Waals surface area (Å²) in [6, 6.07) is 6.59. The summed E-state index contributed by atoms with van der Waals surface area (Å²) in [4.78, 5) is 1.10. The number of halogens is 1. The van der Waals surface area contributed by atoms with Crippen LogP contribution in [0.1, 0.15) is 6.92 Å². The summed E-state index contributed by atoms with van der Waals surface area (Å²) in [5, 5.41) is 3.28. The Kier molecular flexibility index (Phi) is 7.21. The first-order valence-corrected chi connectivity index (χ1v) is 6.48. The molecule has 16 heavy (non-hydrogen) atoms. The third-order valence-electron chi connectivity index (χ3n) is 1.99. The second kappa shape index (κ2) is 8.56. The Bertz CT molecular complexity index is 279. The maximum Gasteiger partial charge on any atom is 0.123 e. The molecule has 1 aromatic rings. The van der Waals surface area contributed by atoms with Gasteiger partial charge in [-0.3, -0.25) is 0 Å². The van der Waals surface area contributed by atoms with Crippen molar-refractivity contribution in [1.82, 2.24) is 5.32 Å². The third kappa shape index (κ3) is 6.10. The lowest BCUT2D eigenvalue weighted by Crippen LogP contribution is -2.22. The second-order valence-electron chi connectivity index (χ2n) is 3.25. The van der Waals surface area contributed by atoms with Crippen LogP contribution in [0.25, 0.3) is 0 Å². The molecule has 0 atom stereocenters. The van der Waals surface area contributed by atoms with Crippen LogP contribution in [0.15, 0.2) is 29.2 Å². The normalized spacial score (nSPS) is 10.6. The first-order valence-electron chi connectivity index (χ1n) is 5.49. The van der Waals surface area contributed by atoms with Crippen LogP contribution in [0.4, 0.5) is 4.39 Å². The van der Waals surface area contributed by atoms with E-state index in [0.717, 1.165) is 37.0 Å². The molecule has 1 rings (SSSR count). The van der Waals surface area contributed by atoms with E-state index in [4.69, 9.17) is 4.74 Å². The summed E-state index contributed by atoms with van der Waals surface area (Å²) >= 11 is 1.72. The second-order valence-corrected chi connectivity index (χ2v) is 4.42. The van der Waals surface area contributed by atoms with Crippen molar-refractivity contribution in [2.75, 3.05) is 32.1 Å². The van der Waals surface area contributed by atoms with Gasteiger partial charge in [-0.05, 0) is 31.2 Å². The molecule has 0 aliphatic carbocycles. The lowest BCUT2D eigenvalue weighted by Gasteiger charge is -2.04. The third-order valence-corrected chi connectivity index (χ3v) is 3.00. The summed E-state index contributed by atoms with van der Waals surface area (Å²) in [5.41, 5.74) is 0. The van der Waals surface area contributed by atoms with Crippen LogP contribution in [0.3, 0.4) is 0 Å². The zero-order chi connectivity index (χ0) is 11.6. The zero-order valence-corrected chi connectivity index (χ0v) is 10.4. The van der Waals surface area contributed by atoms with Gasteiger partial charge in [0.15, 0.2) is 0 Å². The molecular formula is C12H18FNOS. The molecule has 0 heterocycles. The fourth-order valence-electron chi connectivity index (χ4n) is 1.19. The molecular weight excluding hydrogens is 225 g/mol. The Morgan fingerprint density at radius 3 is 2.69 bits per heavy atom. The molecule has 1 aromatic carbocycles. The van der Waals surface area contributed by atoms with E-state index in [9.17, 15) is 4.39 Å². The van der Waals surface area contributed by atoms with Gasteiger partial charge in [0.2, 0.25) is 0 Å². The van der Waals surface area contributed by atoms with Gasteiger partial charge < -0.3 is 10.1 Å². The van der Waals surface area contributed by atoms with Crippen molar-refractivity contribution < 1.29 is 9.13 Å². The summed E-state index contributed by atoms with van der Waals surface area (Å²) in [6.45, 7) is 5.35. The summed E-state index contributed by atoms with van der Waals surface area (Å²) < 4.78 is 17.8. The van der Waals surface area contributed by atoms with Crippen LogP contribution in [0, 0.1) is 5.82 Å². The number of rotatable bonds is 8. The highest BCUT2D eigenvalue weighted by Gasteiger charge is 1.94. The Hall–Kier alpha value is -0.580. The molecule has 2 nitrogen and oxygen atoms in total. The Morgan fingerprint density at radius 1 is 1.25 bits per heavy atom. The smallest absolute Gasteiger partial charge is 0.123 e. The average molecular weight is 243 g/mol. The molecule has 0 unspecified atom stereocenters. The number of ether oxygens (including phenoxy) is 1. The van der Waals surface area contributed by atoms with Crippen molar-refractivity contribution in [3.8, 4) is 0 Å². The fourth-order valence-corrected chi connectivity index (χ4v) is 2.00. The first kappa shape index (κ1) is 13.5. The van der Waals surface area contributed by atoms with Gasteiger partial charge in [0, 0.05) is 30.3 Å². The molecule has 0 bridgehead atoms. The van der Waals surface area contributed by atoms with Gasteiger partial charge in [0.1, 0.15) is 5.82 Å².